The highest BCUT2D eigenvalue weighted by Gasteiger charge is 2.21. The predicted octanol–water partition coefficient (Wildman–Crippen LogP) is 7.60. The van der Waals surface area contributed by atoms with E-state index in [1.807, 2.05) is 30.3 Å². The molecule has 0 bridgehead atoms. The maximum Gasteiger partial charge on any atom is 0.328 e. The number of carboxylic acids is 1. The van der Waals surface area contributed by atoms with Crippen molar-refractivity contribution in [3.05, 3.63) is 83.4 Å². The van der Waals surface area contributed by atoms with Crippen LogP contribution < -0.4 is 4.74 Å². The zero-order valence-corrected chi connectivity index (χ0v) is 18.9. The fourth-order valence-electron chi connectivity index (χ4n) is 3.74. The van der Waals surface area contributed by atoms with Gasteiger partial charge in [-0.3, -0.25) is 0 Å². The Bertz CT molecular complexity index is 1310. The molecule has 162 valence electrons. The van der Waals surface area contributed by atoms with Crippen LogP contribution in [0.5, 0.6) is 17.2 Å². The Hall–Kier alpha value is -3.57. The number of phenols is 1. The summed E-state index contributed by atoms with van der Waals surface area (Å²) in [6.07, 6.45) is 2.65. The molecule has 0 unspecified atom stereocenters. The summed E-state index contributed by atoms with van der Waals surface area (Å²) in [4.78, 5) is 11.8. The van der Waals surface area contributed by atoms with Crippen LogP contribution in [0.1, 0.15) is 36.5 Å². The maximum absolute atomic E-state index is 10.7. The molecule has 0 radical (unpaired) electrons. The van der Waals surface area contributed by atoms with Crippen molar-refractivity contribution in [3.63, 3.8) is 0 Å². The summed E-state index contributed by atoms with van der Waals surface area (Å²) >= 11 is 1.61. The van der Waals surface area contributed by atoms with Gasteiger partial charge in [-0.05, 0) is 65.9 Å². The van der Waals surface area contributed by atoms with Crippen LogP contribution in [-0.2, 0) is 4.79 Å². The average molecular weight is 445 g/mol. The van der Waals surface area contributed by atoms with Gasteiger partial charge in [-0.15, -0.1) is 11.3 Å². The molecule has 4 nitrogen and oxygen atoms in total. The van der Waals surface area contributed by atoms with Gasteiger partial charge in [0.15, 0.2) is 5.75 Å². The maximum atomic E-state index is 10.7. The lowest BCUT2D eigenvalue weighted by Gasteiger charge is -2.16. The second kappa shape index (κ2) is 8.89. The van der Waals surface area contributed by atoms with E-state index in [4.69, 9.17) is 9.84 Å². The van der Waals surface area contributed by atoms with E-state index < -0.39 is 5.97 Å². The van der Waals surface area contributed by atoms with E-state index in [0.29, 0.717) is 11.7 Å². The summed E-state index contributed by atoms with van der Waals surface area (Å²) in [5.74, 6) is 1.00. The van der Waals surface area contributed by atoms with E-state index in [1.165, 1.54) is 16.7 Å². The molecule has 0 saturated heterocycles. The Morgan fingerprint density at radius 2 is 1.81 bits per heavy atom. The molecule has 0 aliphatic rings. The Morgan fingerprint density at radius 3 is 2.50 bits per heavy atom. The van der Waals surface area contributed by atoms with Gasteiger partial charge in [-0.2, -0.15) is 0 Å². The number of carbonyl (C=O) groups is 1. The number of phenolic OH excluding ortho intramolecular Hbond substituents is 1. The minimum atomic E-state index is -0.984. The third-order valence-corrected chi connectivity index (χ3v) is 6.45. The fourth-order valence-corrected chi connectivity index (χ4v) is 5.04. The number of rotatable bonds is 6. The smallest absolute Gasteiger partial charge is 0.328 e. The molecule has 0 saturated carbocycles. The molecule has 1 aromatic heterocycles. The molecular weight excluding hydrogens is 420 g/mol. The molecule has 0 amide bonds. The molecule has 3 aromatic carbocycles. The topological polar surface area (TPSA) is 66.8 Å². The lowest BCUT2D eigenvalue weighted by Crippen LogP contribution is -1.95. The van der Waals surface area contributed by atoms with Crippen molar-refractivity contribution in [2.75, 3.05) is 0 Å². The van der Waals surface area contributed by atoms with Crippen molar-refractivity contribution >= 4 is 33.5 Å². The van der Waals surface area contributed by atoms with Crippen LogP contribution in [-0.4, -0.2) is 16.2 Å². The number of benzene rings is 3. The van der Waals surface area contributed by atoms with E-state index >= 15 is 0 Å². The Morgan fingerprint density at radius 1 is 1.06 bits per heavy atom. The van der Waals surface area contributed by atoms with Crippen LogP contribution in [0, 0.1) is 6.92 Å². The van der Waals surface area contributed by atoms with Gasteiger partial charge < -0.3 is 14.9 Å². The summed E-state index contributed by atoms with van der Waals surface area (Å²) in [6, 6.07) is 19.0. The van der Waals surface area contributed by atoms with Crippen molar-refractivity contribution in [2.45, 2.75) is 26.7 Å². The first-order valence-corrected chi connectivity index (χ1v) is 11.2. The van der Waals surface area contributed by atoms with Crippen LogP contribution in [0.25, 0.3) is 26.6 Å². The monoisotopic (exact) mass is 444 g/mol. The SMILES string of the molecule is Cc1cccc(C(C)C)c1-c1sc2cc(O)ccc2c1Oc1ccc(/C=C/C(=O)O)cc1. The zero-order valence-electron chi connectivity index (χ0n) is 18.1. The van der Waals surface area contributed by atoms with Crippen molar-refractivity contribution in [1.82, 2.24) is 0 Å². The fraction of sp³-hybridized carbons (Fsp3) is 0.148. The minimum Gasteiger partial charge on any atom is -0.508 e. The van der Waals surface area contributed by atoms with Crippen LogP contribution in [0.3, 0.4) is 0 Å². The van der Waals surface area contributed by atoms with Crippen molar-refractivity contribution < 1.29 is 19.7 Å². The largest absolute Gasteiger partial charge is 0.508 e. The van der Waals surface area contributed by atoms with Crippen molar-refractivity contribution in [2.24, 2.45) is 0 Å². The number of hydrogen-bond donors (Lipinski definition) is 2. The third kappa shape index (κ3) is 4.39. The first-order chi connectivity index (χ1) is 15.3. The van der Waals surface area contributed by atoms with E-state index in [0.717, 1.165) is 32.4 Å². The molecular formula is C27H24O4S. The number of ether oxygens (including phenoxy) is 1. The Kier molecular flexibility index (Phi) is 6.01. The lowest BCUT2D eigenvalue weighted by atomic mass is 9.92. The van der Waals surface area contributed by atoms with Crippen LogP contribution in [0.2, 0.25) is 0 Å². The van der Waals surface area contributed by atoms with Gasteiger partial charge in [0.25, 0.3) is 0 Å². The quantitative estimate of drug-likeness (QED) is 0.301. The highest BCUT2D eigenvalue weighted by atomic mass is 32.1. The first-order valence-electron chi connectivity index (χ1n) is 10.4. The predicted molar refractivity (Wildman–Crippen MR) is 131 cm³/mol. The summed E-state index contributed by atoms with van der Waals surface area (Å²) in [7, 11) is 0. The first kappa shape index (κ1) is 21.7. The average Bonchev–Trinajstić information content (AvgIpc) is 3.09. The van der Waals surface area contributed by atoms with Crippen molar-refractivity contribution in [1.29, 1.82) is 0 Å². The zero-order chi connectivity index (χ0) is 22.8. The van der Waals surface area contributed by atoms with E-state index in [9.17, 15) is 9.90 Å². The molecule has 0 aliphatic heterocycles. The standard InChI is InChI=1S/C27H24O4S/c1-16(2)21-6-4-5-17(3)25(21)27-26(22-13-10-19(28)15-23(22)32-27)31-20-11-7-18(8-12-20)9-14-24(29)30/h4-16,28H,1-3H3,(H,29,30)/b14-9+. The van der Waals surface area contributed by atoms with Crippen LogP contribution in [0.4, 0.5) is 0 Å². The van der Waals surface area contributed by atoms with Gasteiger partial charge in [0.05, 0.1) is 4.88 Å². The second-order valence-corrected chi connectivity index (χ2v) is 9.03. The molecule has 0 fully saturated rings. The molecule has 0 aliphatic carbocycles. The minimum absolute atomic E-state index is 0.222. The van der Waals surface area contributed by atoms with E-state index in [2.05, 4.69) is 39.0 Å². The normalized spacial score (nSPS) is 11.5. The third-order valence-electron chi connectivity index (χ3n) is 5.30. The van der Waals surface area contributed by atoms with Gasteiger partial charge in [0.2, 0.25) is 0 Å². The van der Waals surface area contributed by atoms with Crippen LogP contribution >= 0.6 is 11.3 Å². The van der Waals surface area contributed by atoms with E-state index in [-0.39, 0.29) is 5.75 Å². The number of aliphatic carboxylic acids is 1. The number of hydrogen-bond acceptors (Lipinski definition) is 4. The highest BCUT2D eigenvalue weighted by Crippen LogP contribution is 2.49. The molecule has 2 N–H and O–H groups in total. The summed E-state index contributed by atoms with van der Waals surface area (Å²) in [6.45, 7) is 6.47. The molecule has 4 rings (SSSR count). The molecule has 32 heavy (non-hydrogen) atoms. The van der Waals surface area contributed by atoms with Gasteiger partial charge in [-0.1, -0.05) is 44.2 Å². The number of fused-ring (bicyclic) bond motifs is 1. The Balaban J connectivity index is 1.84. The second-order valence-electron chi connectivity index (χ2n) is 7.98. The molecule has 1 heterocycles. The molecule has 5 heteroatoms. The van der Waals surface area contributed by atoms with Gasteiger partial charge in [0.1, 0.15) is 11.5 Å². The highest BCUT2D eigenvalue weighted by molar-refractivity contribution is 7.22. The molecule has 4 aromatic rings. The molecule has 0 atom stereocenters. The number of aryl methyl sites for hydroxylation is 1. The number of carboxylic acid groups (broad SMARTS) is 1. The number of thiophene rings is 1. The molecule has 0 spiro atoms. The van der Waals surface area contributed by atoms with E-state index in [1.54, 1.807) is 29.5 Å². The van der Waals surface area contributed by atoms with Crippen LogP contribution in [0.15, 0.2) is 66.7 Å². The summed E-state index contributed by atoms with van der Waals surface area (Å²) in [5, 5.41) is 19.8. The number of aromatic hydroxyl groups is 1. The lowest BCUT2D eigenvalue weighted by molar-refractivity contribution is -0.131. The van der Waals surface area contributed by atoms with Crippen molar-refractivity contribution in [3.8, 4) is 27.7 Å². The summed E-state index contributed by atoms with van der Waals surface area (Å²) < 4.78 is 7.37. The Labute approximate surface area is 191 Å². The van der Waals surface area contributed by atoms with Gasteiger partial charge in [0, 0.05) is 21.7 Å². The van der Waals surface area contributed by atoms with Gasteiger partial charge >= 0.3 is 5.97 Å². The van der Waals surface area contributed by atoms with Gasteiger partial charge in [-0.25, -0.2) is 4.79 Å². The summed E-state index contributed by atoms with van der Waals surface area (Å²) in [5.41, 5.74) is 4.37.